The fraction of sp³-hybridized carbons (Fsp3) is 0.366. The van der Waals surface area contributed by atoms with E-state index >= 15 is 0 Å². The molecule has 0 spiro atoms. The maximum Gasteiger partial charge on any atom is 0.410 e. The number of urea groups is 1. The van der Waals surface area contributed by atoms with Gasteiger partial charge in [-0.15, -0.1) is 0 Å². The molecule has 0 aliphatic heterocycles. The molecule has 4 aromatic rings. The highest BCUT2D eigenvalue weighted by Crippen LogP contribution is 2.27. The van der Waals surface area contributed by atoms with Gasteiger partial charge in [0.25, 0.3) is 0 Å². The first-order valence-corrected chi connectivity index (χ1v) is 17.1. The number of benzene rings is 4. The Labute approximate surface area is 285 Å². The Morgan fingerprint density at radius 3 is 1.88 bits per heavy atom. The van der Waals surface area contributed by atoms with E-state index in [4.69, 9.17) is 9.47 Å². The van der Waals surface area contributed by atoms with E-state index in [-0.39, 0.29) is 18.2 Å². The van der Waals surface area contributed by atoms with Crippen molar-refractivity contribution >= 4 is 17.8 Å². The van der Waals surface area contributed by atoms with Crippen molar-refractivity contribution in [2.24, 2.45) is 0 Å². The van der Waals surface area contributed by atoms with Crippen molar-refractivity contribution in [3.05, 3.63) is 120 Å². The van der Waals surface area contributed by atoms with Crippen LogP contribution in [0.2, 0.25) is 0 Å². The highest BCUT2D eigenvalue weighted by molar-refractivity contribution is 5.89. The van der Waals surface area contributed by atoms with Gasteiger partial charge in [-0.25, -0.2) is 9.59 Å². The molecule has 1 N–H and O–H groups in total. The predicted molar refractivity (Wildman–Crippen MR) is 193 cm³/mol. The molecule has 7 heteroatoms. The summed E-state index contributed by atoms with van der Waals surface area (Å²) in [5.41, 5.74) is 5.71. The van der Waals surface area contributed by atoms with Crippen LogP contribution in [-0.2, 0) is 24.2 Å². The van der Waals surface area contributed by atoms with Gasteiger partial charge in [0, 0.05) is 31.4 Å². The smallest absolute Gasteiger partial charge is 0.410 e. The summed E-state index contributed by atoms with van der Waals surface area (Å²) in [6.45, 7) is 7.36. The second-order valence-corrected chi connectivity index (χ2v) is 13.6. The number of nitrogens with one attached hydrogen (secondary N) is 1. The van der Waals surface area contributed by atoms with Crippen molar-refractivity contribution in [1.82, 2.24) is 9.80 Å². The van der Waals surface area contributed by atoms with Crippen molar-refractivity contribution < 1.29 is 19.1 Å². The number of anilines is 1. The van der Waals surface area contributed by atoms with Crippen LogP contribution in [0.1, 0.15) is 69.6 Å². The van der Waals surface area contributed by atoms with Gasteiger partial charge in [0.2, 0.25) is 0 Å². The second-order valence-electron chi connectivity index (χ2n) is 13.6. The van der Waals surface area contributed by atoms with Gasteiger partial charge in [0.1, 0.15) is 11.4 Å². The molecule has 4 aromatic carbocycles. The normalized spacial score (nSPS) is 13.4. The van der Waals surface area contributed by atoms with Gasteiger partial charge in [0.05, 0.1) is 7.11 Å². The Morgan fingerprint density at radius 2 is 1.31 bits per heavy atom. The van der Waals surface area contributed by atoms with Crippen LogP contribution in [0, 0.1) is 0 Å². The number of hydrogen-bond donors (Lipinski definition) is 1. The molecular weight excluding hydrogens is 598 g/mol. The van der Waals surface area contributed by atoms with Crippen molar-refractivity contribution in [2.45, 2.75) is 84.0 Å². The number of carbonyl (C=O) groups excluding carboxylic acids is 2. The van der Waals surface area contributed by atoms with Crippen LogP contribution in [0.4, 0.5) is 15.3 Å². The number of nitrogens with zero attached hydrogens (tertiary/aromatic N) is 2. The first kappa shape index (κ1) is 34.6. The van der Waals surface area contributed by atoms with Gasteiger partial charge in [0.15, 0.2) is 0 Å². The third kappa shape index (κ3) is 10.1. The molecule has 0 atom stereocenters. The molecule has 1 saturated carbocycles. The summed E-state index contributed by atoms with van der Waals surface area (Å²) in [4.78, 5) is 30.4. The summed E-state index contributed by atoms with van der Waals surface area (Å²) in [6.07, 6.45) is 6.10. The largest absolute Gasteiger partial charge is 0.497 e. The lowest BCUT2D eigenvalue weighted by molar-refractivity contribution is 0.00988. The van der Waals surface area contributed by atoms with Crippen molar-refractivity contribution in [3.8, 4) is 16.9 Å². The molecule has 252 valence electrons. The molecule has 48 heavy (non-hydrogen) atoms. The molecule has 0 heterocycles. The van der Waals surface area contributed by atoms with Gasteiger partial charge in [-0.1, -0.05) is 98.1 Å². The van der Waals surface area contributed by atoms with Gasteiger partial charge in [-0.2, -0.15) is 0 Å². The summed E-state index contributed by atoms with van der Waals surface area (Å²) >= 11 is 0. The minimum atomic E-state index is -0.528. The topological polar surface area (TPSA) is 71.1 Å². The van der Waals surface area contributed by atoms with E-state index in [9.17, 15) is 9.59 Å². The standard InChI is InChI=1S/C41H49N3O4/c1-41(2,3)48-40(46)44(37-13-9-6-10-14-37)30-33-17-21-35(22-18-33)34-19-15-32(16-20-34)29-43(28-27-31-11-7-5-8-12-31)39(45)42-36-23-25-38(47-4)26-24-36/h5,7-8,11-12,15-26,37H,6,9-10,13-14,27-30H2,1-4H3,(H,42,45). The van der Waals surface area contributed by atoms with E-state index in [0.717, 1.165) is 65.8 Å². The van der Waals surface area contributed by atoms with Gasteiger partial charge < -0.3 is 24.6 Å². The van der Waals surface area contributed by atoms with Crippen LogP contribution in [0.3, 0.4) is 0 Å². The molecule has 0 radical (unpaired) electrons. The maximum absolute atomic E-state index is 13.5. The third-order valence-corrected chi connectivity index (χ3v) is 8.75. The number of ether oxygens (including phenoxy) is 2. The number of hydrogen-bond acceptors (Lipinski definition) is 4. The fourth-order valence-electron chi connectivity index (χ4n) is 6.12. The van der Waals surface area contributed by atoms with E-state index in [2.05, 4.69) is 66.0 Å². The molecule has 0 aromatic heterocycles. The highest BCUT2D eigenvalue weighted by atomic mass is 16.6. The SMILES string of the molecule is COc1ccc(NC(=O)N(CCc2ccccc2)Cc2ccc(-c3ccc(CN(C(=O)OC(C)(C)C)C4CCCCC4)cc3)cc2)cc1. The van der Waals surface area contributed by atoms with Gasteiger partial charge >= 0.3 is 12.1 Å². The van der Waals surface area contributed by atoms with E-state index < -0.39 is 5.60 Å². The lowest BCUT2D eigenvalue weighted by atomic mass is 9.94. The average molecular weight is 648 g/mol. The summed E-state index contributed by atoms with van der Waals surface area (Å²) < 4.78 is 11.1. The summed E-state index contributed by atoms with van der Waals surface area (Å²) in [7, 11) is 1.62. The van der Waals surface area contributed by atoms with E-state index in [1.807, 2.05) is 73.0 Å². The molecule has 7 nitrogen and oxygen atoms in total. The lowest BCUT2D eigenvalue weighted by Crippen LogP contribution is -2.43. The Morgan fingerprint density at radius 1 is 0.729 bits per heavy atom. The fourth-order valence-corrected chi connectivity index (χ4v) is 6.12. The third-order valence-electron chi connectivity index (χ3n) is 8.75. The Hall–Kier alpha value is -4.78. The zero-order valence-corrected chi connectivity index (χ0v) is 28.8. The van der Waals surface area contributed by atoms with Crippen LogP contribution >= 0.6 is 0 Å². The molecule has 0 bridgehead atoms. The minimum absolute atomic E-state index is 0.149. The van der Waals surface area contributed by atoms with Crippen LogP contribution in [-0.4, -0.2) is 47.2 Å². The van der Waals surface area contributed by atoms with E-state index in [1.54, 1.807) is 7.11 Å². The zero-order valence-electron chi connectivity index (χ0n) is 28.8. The molecule has 3 amide bonds. The molecule has 1 aliphatic rings. The average Bonchev–Trinajstić information content (AvgIpc) is 3.10. The number of carbonyl (C=O) groups is 2. The van der Waals surface area contributed by atoms with Crippen LogP contribution < -0.4 is 10.1 Å². The highest BCUT2D eigenvalue weighted by Gasteiger charge is 2.29. The Balaban J connectivity index is 1.25. The van der Waals surface area contributed by atoms with E-state index in [0.29, 0.717) is 19.6 Å². The maximum atomic E-state index is 13.5. The molecule has 5 rings (SSSR count). The number of amides is 3. The van der Waals surface area contributed by atoms with Gasteiger partial charge in [-0.05, 0) is 92.1 Å². The Kier molecular flexibility index (Phi) is 11.8. The Bertz CT molecular complexity index is 1590. The summed E-state index contributed by atoms with van der Waals surface area (Å²) in [5.74, 6) is 0.742. The van der Waals surface area contributed by atoms with Crippen molar-refractivity contribution in [1.29, 1.82) is 0 Å². The van der Waals surface area contributed by atoms with E-state index in [1.165, 1.54) is 12.0 Å². The monoisotopic (exact) mass is 647 g/mol. The molecular formula is C41H49N3O4. The second kappa shape index (κ2) is 16.4. The first-order chi connectivity index (χ1) is 23.2. The van der Waals surface area contributed by atoms with Crippen LogP contribution in [0.15, 0.2) is 103 Å². The molecule has 1 aliphatic carbocycles. The quantitative estimate of drug-likeness (QED) is 0.176. The number of methoxy groups -OCH3 is 1. The summed E-state index contributed by atoms with van der Waals surface area (Å²) in [5, 5.41) is 3.04. The zero-order chi connectivity index (χ0) is 33.9. The van der Waals surface area contributed by atoms with Crippen molar-refractivity contribution in [3.63, 3.8) is 0 Å². The lowest BCUT2D eigenvalue weighted by Gasteiger charge is -2.35. The van der Waals surface area contributed by atoms with Crippen LogP contribution in [0.25, 0.3) is 11.1 Å². The number of rotatable bonds is 11. The summed E-state index contributed by atoms with van der Waals surface area (Å²) in [6, 6.07) is 34.5. The predicted octanol–water partition coefficient (Wildman–Crippen LogP) is 9.71. The molecule has 1 fully saturated rings. The van der Waals surface area contributed by atoms with Crippen molar-refractivity contribution in [2.75, 3.05) is 19.0 Å². The molecule has 0 saturated heterocycles. The minimum Gasteiger partial charge on any atom is -0.497 e. The first-order valence-electron chi connectivity index (χ1n) is 17.1. The van der Waals surface area contributed by atoms with Gasteiger partial charge in [-0.3, -0.25) is 0 Å². The van der Waals surface area contributed by atoms with Crippen LogP contribution in [0.5, 0.6) is 5.75 Å². The molecule has 0 unspecified atom stereocenters.